The van der Waals surface area contributed by atoms with Crippen molar-refractivity contribution >= 4 is 27.7 Å². The highest BCUT2D eigenvalue weighted by atomic mass is 32.2. The molecule has 0 aliphatic rings. The van der Waals surface area contributed by atoms with E-state index in [1.165, 1.54) is 34.7 Å². The maximum absolute atomic E-state index is 12.8. The molecule has 0 spiro atoms. The first-order chi connectivity index (χ1) is 14.4. The Morgan fingerprint density at radius 3 is 2.50 bits per heavy atom. The zero-order valence-electron chi connectivity index (χ0n) is 17.3. The van der Waals surface area contributed by atoms with Crippen LogP contribution in [0.4, 0.5) is 5.69 Å². The summed E-state index contributed by atoms with van der Waals surface area (Å²) in [7, 11) is -3.68. The van der Waals surface area contributed by atoms with Crippen molar-refractivity contribution in [2.75, 3.05) is 25.0 Å². The van der Waals surface area contributed by atoms with Crippen LogP contribution >= 0.6 is 0 Å². The van der Waals surface area contributed by atoms with E-state index in [1.807, 2.05) is 0 Å². The lowest BCUT2D eigenvalue weighted by Gasteiger charge is -2.19. The van der Waals surface area contributed by atoms with Crippen molar-refractivity contribution in [3.05, 3.63) is 59.7 Å². The van der Waals surface area contributed by atoms with Gasteiger partial charge in [0.15, 0.2) is 0 Å². The number of carbonyl (C=O) groups is 1. The number of nitrogens with zero attached hydrogens (tertiary/aromatic N) is 2. The molecular formula is C22H25N3O4S. The van der Waals surface area contributed by atoms with Gasteiger partial charge in [-0.25, -0.2) is 8.42 Å². The van der Waals surface area contributed by atoms with Gasteiger partial charge in [-0.3, -0.25) is 4.79 Å². The average molecular weight is 428 g/mol. The molecule has 1 amide bonds. The summed E-state index contributed by atoms with van der Waals surface area (Å²) in [6.45, 7) is 6.37. The molecule has 0 fully saturated rings. The lowest BCUT2D eigenvalue weighted by molar-refractivity contribution is -0.111. The fraction of sp³-hybridized carbons (Fsp3) is 0.273. The molecular weight excluding hydrogens is 402 g/mol. The number of nitriles is 1. The molecule has 1 N–H and O–H groups in total. The molecule has 0 saturated carbocycles. The van der Waals surface area contributed by atoms with E-state index < -0.39 is 15.9 Å². The zero-order chi connectivity index (χ0) is 22.1. The smallest absolute Gasteiger partial charge is 0.248 e. The van der Waals surface area contributed by atoms with Crippen LogP contribution in [0.3, 0.4) is 0 Å². The highest BCUT2D eigenvalue weighted by Crippen LogP contribution is 2.29. The Bertz CT molecular complexity index is 1070. The molecule has 2 aromatic rings. The number of ether oxygens (including phenoxy) is 1. The topological polar surface area (TPSA) is 99.5 Å². The lowest BCUT2D eigenvalue weighted by Crippen LogP contribution is -2.30. The Morgan fingerprint density at radius 1 is 1.17 bits per heavy atom. The van der Waals surface area contributed by atoms with E-state index in [1.54, 1.807) is 45.0 Å². The standard InChI is InChI=1S/C22H25N3O4S/c1-4-25(5-2)30(27,28)19-12-13-21(29-6-3)20(15-19)24-22(26)14-11-17-9-7-8-10-18(17)16-23/h7-15H,4-6H2,1-3H3,(H,24,26)/b14-11+. The Balaban J connectivity index is 2.34. The third kappa shape index (κ3) is 5.47. The van der Waals surface area contributed by atoms with Crippen molar-refractivity contribution in [3.63, 3.8) is 0 Å². The summed E-state index contributed by atoms with van der Waals surface area (Å²) >= 11 is 0. The fourth-order valence-electron chi connectivity index (χ4n) is 2.85. The summed E-state index contributed by atoms with van der Waals surface area (Å²) in [5.41, 5.74) is 1.32. The molecule has 0 atom stereocenters. The first kappa shape index (κ1) is 23.1. The van der Waals surface area contributed by atoms with Gasteiger partial charge in [0.05, 0.1) is 28.8 Å². The molecule has 0 heterocycles. The summed E-state index contributed by atoms with van der Waals surface area (Å²) in [6.07, 6.45) is 2.82. The summed E-state index contributed by atoms with van der Waals surface area (Å²) < 4.78 is 32.5. The first-order valence-electron chi connectivity index (χ1n) is 9.62. The minimum atomic E-state index is -3.68. The van der Waals surface area contributed by atoms with Gasteiger partial charge in [0.2, 0.25) is 15.9 Å². The molecule has 8 heteroatoms. The van der Waals surface area contributed by atoms with Gasteiger partial charge in [-0.15, -0.1) is 0 Å². The number of hydrogen-bond acceptors (Lipinski definition) is 5. The molecule has 0 saturated heterocycles. The number of nitrogens with one attached hydrogen (secondary N) is 1. The zero-order valence-corrected chi connectivity index (χ0v) is 18.1. The molecule has 2 rings (SSSR count). The highest BCUT2D eigenvalue weighted by molar-refractivity contribution is 7.89. The predicted molar refractivity (Wildman–Crippen MR) is 117 cm³/mol. The van der Waals surface area contributed by atoms with Gasteiger partial charge < -0.3 is 10.1 Å². The van der Waals surface area contributed by atoms with Gasteiger partial charge in [0.25, 0.3) is 0 Å². The Labute approximate surface area is 177 Å². The van der Waals surface area contributed by atoms with Crippen molar-refractivity contribution in [1.82, 2.24) is 4.31 Å². The Hall–Kier alpha value is -3.15. The highest BCUT2D eigenvalue weighted by Gasteiger charge is 2.23. The molecule has 7 nitrogen and oxygen atoms in total. The minimum Gasteiger partial charge on any atom is -0.492 e. The molecule has 0 aliphatic heterocycles. The van der Waals surface area contributed by atoms with Crippen LogP contribution in [-0.4, -0.2) is 38.3 Å². The monoisotopic (exact) mass is 427 g/mol. The van der Waals surface area contributed by atoms with Crippen molar-refractivity contribution in [1.29, 1.82) is 5.26 Å². The number of benzene rings is 2. The molecule has 158 valence electrons. The van der Waals surface area contributed by atoms with Gasteiger partial charge in [-0.05, 0) is 42.8 Å². The maximum atomic E-state index is 12.8. The quantitative estimate of drug-likeness (QED) is 0.616. The number of hydrogen-bond donors (Lipinski definition) is 1. The number of carbonyl (C=O) groups excluding carboxylic acids is 1. The van der Waals surface area contributed by atoms with Crippen LogP contribution in [0.25, 0.3) is 6.08 Å². The third-order valence-corrected chi connectivity index (χ3v) is 6.39. The van der Waals surface area contributed by atoms with Crippen LogP contribution in [-0.2, 0) is 14.8 Å². The predicted octanol–water partition coefficient (Wildman–Crippen LogP) is 3.64. The fourth-order valence-corrected chi connectivity index (χ4v) is 4.33. The first-order valence-corrected chi connectivity index (χ1v) is 11.1. The number of rotatable bonds is 9. The van der Waals surface area contributed by atoms with Crippen LogP contribution in [0.15, 0.2) is 53.4 Å². The average Bonchev–Trinajstić information content (AvgIpc) is 2.74. The van der Waals surface area contributed by atoms with Crippen molar-refractivity contribution in [3.8, 4) is 11.8 Å². The van der Waals surface area contributed by atoms with E-state index in [2.05, 4.69) is 11.4 Å². The molecule has 0 aliphatic carbocycles. The summed E-state index contributed by atoms with van der Waals surface area (Å²) in [5.74, 6) is -0.101. The Kier molecular flexibility index (Phi) is 8.16. The molecule has 0 unspecified atom stereocenters. The van der Waals surface area contributed by atoms with Gasteiger partial charge in [-0.2, -0.15) is 9.57 Å². The van der Waals surface area contributed by atoms with E-state index in [0.29, 0.717) is 36.6 Å². The van der Waals surface area contributed by atoms with Crippen molar-refractivity contribution in [2.24, 2.45) is 0 Å². The second-order valence-corrected chi connectivity index (χ2v) is 8.14. The van der Waals surface area contributed by atoms with Crippen LogP contribution in [0.2, 0.25) is 0 Å². The minimum absolute atomic E-state index is 0.0729. The summed E-state index contributed by atoms with van der Waals surface area (Å²) in [4.78, 5) is 12.5. The van der Waals surface area contributed by atoms with E-state index in [0.717, 1.165) is 0 Å². The lowest BCUT2D eigenvalue weighted by atomic mass is 10.1. The maximum Gasteiger partial charge on any atom is 0.248 e. The molecule has 0 bridgehead atoms. The second-order valence-electron chi connectivity index (χ2n) is 6.20. The molecule has 30 heavy (non-hydrogen) atoms. The molecule has 2 aromatic carbocycles. The van der Waals surface area contributed by atoms with Gasteiger partial charge in [0.1, 0.15) is 5.75 Å². The van der Waals surface area contributed by atoms with Crippen molar-refractivity contribution < 1.29 is 17.9 Å². The van der Waals surface area contributed by atoms with E-state index in [4.69, 9.17) is 10.00 Å². The van der Waals surface area contributed by atoms with Crippen LogP contribution in [0.5, 0.6) is 5.75 Å². The normalized spacial score (nSPS) is 11.4. The number of sulfonamides is 1. The number of anilines is 1. The Morgan fingerprint density at radius 2 is 1.87 bits per heavy atom. The van der Waals surface area contributed by atoms with Crippen LogP contribution in [0.1, 0.15) is 31.9 Å². The van der Waals surface area contributed by atoms with Crippen LogP contribution < -0.4 is 10.1 Å². The SMILES string of the molecule is CCOc1ccc(S(=O)(=O)N(CC)CC)cc1NC(=O)/C=C/c1ccccc1C#N. The number of amides is 1. The van der Waals surface area contributed by atoms with E-state index in [-0.39, 0.29) is 10.6 Å². The van der Waals surface area contributed by atoms with Gasteiger partial charge in [-0.1, -0.05) is 32.0 Å². The third-order valence-electron chi connectivity index (χ3n) is 4.35. The molecule has 0 aromatic heterocycles. The van der Waals surface area contributed by atoms with E-state index in [9.17, 15) is 13.2 Å². The summed E-state index contributed by atoms with van der Waals surface area (Å²) in [6, 6.07) is 13.4. The molecule has 0 radical (unpaired) electrons. The van der Waals surface area contributed by atoms with Crippen molar-refractivity contribution in [2.45, 2.75) is 25.7 Å². The van der Waals surface area contributed by atoms with Gasteiger partial charge >= 0.3 is 0 Å². The van der Waals surface area contributed by atoms with E-state index >= 15 is 0 Å². The second kappa shape index (κ2) is 10.6. The van der Waals surface area contributed by atoms with Gasteiger partial charge in [0, 0.05) is 19.2 Å². The summed E-state index contributed by atoms with van der Waals surface area (Å²) in [5, 5.41) is 11.8. The van der Waals surface area contributed by atoms with Crippen LogP contribution in [0, 0.1) is 11.3 Å². The largest absolute Gasteiger partial charge is 0.492 e.